The molecule has 12 atom stereocenters. The van der Waals surface area contributed by atoms with E-state index in [2.05, 4.69) is 43.5 Å². The lowest BCUT2D eigenvalue weighted by atomic mass is 9.97. The Bertz CT molecular complexity index is 1780. The molecule has 98 heavy (non-hydrogen) atoms. The van der Waals surface area contributed by atoms with E-state index in [0.29, 0.717) is 6.42 Å². The second-order valence-electron chi connectivity index (χ2n) is 30.0. The molecule has 578 valence electrons. The third-order valence-corrected chi connectivity index (χ3v) is 20.8. The van der Waals surface area contributed by atoms with Crippen molar-refractivity contribution in [2.45, 2.75) is 473 Å². The Hall–Kier alpha value is -1.79. The number of hydrogen-bond donors (Lipinski definition) is 9. The van der Waals surface area contributed by atoms with E-state index in [-0.39, 0.29) is 18.9 Å². The van der Waals surface area contributed by atoms with E-state index < -0.39 is 86.8 Å². The van der Waals surface area contributed by atoms with Gasteiger partial charge in [-0.25, -0.2) is 0 Å². The van der Waals surface area contributed by atoms with Gasteiger partial charge < -0.3 is 65.1 Å². The van der Waals surface area contributed by atoms with Gasteiger partial charge in [-0.1, -0.05) is 378 Å². The fourth-order valence-electron chi connectivity index (χ4n) is 14.2. The highest BCUT2D eigenvalue weighted by molar-refractivity contribution is 5.76. The van der Waals surface area contributed by atoms with Crippen LogP contribution in [-0.2, 0) is 23.7 Å². The highest BCUT2D eigenvalue weighted by atomic mass is 16.7. The molecule has 0 radical (unpaired) electrons. The molecule has 0 aromatic rings. The lowest BCUT2D eigenvalue weighted by molar-refractivity contribution is -0.359. The Morgan fingerprint density at radius 1 is 0.367 bits per heavy atom. The van der Waals surface area contributed by atoms with Crippen LogP contribution in [-0.4, -0.2) is 140 Å². The lowest BCUT2D eigenvalue weighted by Gasteiger charge is -2.46. The van der Waals surface area contributed by atoms with E-state index in [4.69, 9.17) is 18.9 Å². The third-order valence-electron chi connectivity index (χ3n) is 20.8. The van der Waals surface area contributed by atoms with Gasteiger partial charge in [-0.15, -0.1) is 0 Å². The summed E-state index contributed by atoms with van der Waals surface area (Å²) in [5, 5.41) is 87.7. The minimum atomic E-state index is -1.79. The molecule has 2 rings (SSSR count). The number of hydrogen-bond acceptors (Lipinski definition) is 13. The summed E-state index contributed by atoms with van der Waals surface area (Å²) in [6, 6.07) is -0.914. The van der Waals surface area contributed by atoms with Crippen LogP contribution < -0.4 is 5.32 Å². The summed E-state index contributed by atoms with van der Waals surface area (Å²) in [7, 11) is 0. The molecular weight excluding hydrogens is 1230 g/mol. The van der Waals surface area contributed by atoms with E-state index >= 15 is 0 Å². The van der Waals surface area contributed by atoms with Crippen LogP contribution in [0.5, 0.6) is 0 Å². The minimum absolute atomic E-state index is 0.230. The molecule has 0 spiro atoms. The Morgan fingerprint density at radius 2 is 0.673 bits per heavy atom. The van der Waals surface area contributed by atoms with Crippen molar-refractivity contribution >= 4 is 5.91 Å². The van der Waals surface area contributed by atoms with Gasteiger partial charge in [-0.2, -0.15) is 0 Å². The van der Waals surface area contributed by atoms with Gasteiger partial charge in [0.25, 0.3) is 0 Å². The van der Waals surface area contributed by atoms with Crippen LogP contribution in [0.2, 0.25) is 0 Å². The van der Waals surface area contributed by atoms with E-state index in [1.807, 2.05) is 6.08 Å². The first kappa shape index (κ1) is 92.3. The fraction of sp³-hybridized carbons (Fsp3) is 0.917. The smallest absolute Gasteiger partial charge is 0.220 e. The van der Waals surface area contributed by atoms with E-state index in [1.54, 1.807) is 6.08 Å². The van der Waals surface area contributed by atoms with Crippen molar-refractivity contribution in [3.63, 3.8) is 0 Å². The van der Waals surface area contributed by atoms with E-state index in [0.717, 1.165) is 44.9 Å². The fourth-order valence-corrected chi connectivity index (χ4v) is 14.2. The van der Waals surface area contributed by atoms with Gasteiger partial charge in [0.15, 0.2) is 12.6 Å². The Labute approximate surface area is 601 Å². The minimum Gasteiger partial charge on any atom is -0.394 e. The molecule has 14 nitrogen and oxygen atoms in total. The van der Waals surface area contributed by atoms with Gasteiger partial charge >= 0.3 is 0 Å². The maximum Gasteiger partial charge on any atom is 0.220 e. The second-order valence-corrected chi connectivity index (χ2v) is 30.0. The van der Waals surface area contributed by atoms with Crippen LogP contribution in [0.25, 0.3) is 0 Å². The molecule has 2 aliphatic heterocycles. The zero-order valence-corrected chi connectivity index (χ0v) is 63.6. The van der Waals surface area contributed by atoms with Gasteiger partial charge in [0.2, 0.25) is 5.91 Å². The number of nitrogens with one attached hydrogen (secondary N) is 1. The molecule has 12 unspecified atom stereocenters. The summed E-state index contributed by atoms with van der Waals surface area (Å²) in [6.45, 7) is 2.86. The number of ether oxygens (including phenoxy) is 4. The zero-order valence-electron chi connectivity index (χ0n) is 63.6. The number of allylic oxidation sites excluding steroid dienone is 5. The van der Waals surface area contributed by atoms with Crippen molar-refractivity contribution in [3.05, 3.63) is 36.5 Å². The molecule has 0 aliphatic carbocycles. The second kappa shape index (κ2) is 68.3. The molecule has 0 saturated carbocycles. The molecule has 0 aromatic carbocycles. The van der Waals surface area contributed by atoms with E-state index in [9.17, 15) is 45.6 Å². The Morgan fingerprint density at radius 3 is 1.02 bits per heavy atom. The predicted octanol–water partition coefficient (Wildman–Crippen LogP) is 19.6. The van der Waals surface area contributed by atoms with Crippen molar-refractivity contribution < 1.29 is 64.6 Å². The molecule has 2 fully saturated rings. The molecule has 2 heterocycles. The topological polar surface area (TPSA) is 228 Å². The maximum atomic E-state index is 13.4. The molecule has 9 N–H and O–H groups in total. The van der Waals surface area contributed by atoms with Crippen LogP contribution in [0.1, 0.15) is 399 Å². The maximum absolute atomic E-state index is 13.4. The molecule has 2 saturated heterocycles. The van der Waals surface area contributed by atoms with Crippen molar-refractivity contribution in [1.82, 2.24) is 5.32 Å². The van der Waals surface area contributed by atoms with Crippen LogP contribution in [0.3, 0.4) is 0 Å². The molecule has 0 bridgehead atoms. The first-order chi connectivity index (χ1) is 48.1. The van der Waals surface area contributed by atoms with Crippen LogP contribution in [0, 0.1) is 0 Å². The largest absolute Gasteiger partial charge is 0.394 e. The summed E-state index contributed by atoms with van der Waals surface area (Å²) in [4.78, 5) is 13.4. The van der Waals surface area contributed by atoms with Crippen LogP contribution in [0.4, 0.5) is 0 Å². The highest BCUT2D eigenvalue weighted by Gasteiger charge is 2.51. The average Bonchev–Trinajstić information content (AvgIpc) is 0.793. The number of aliphatic hydroxyl groups is 8. The molecule has 0 aromatic heterocycles. The number of unbranched alkanes of at least 4 members (excludes halogenated alkanes) is 55. The molecule has 14 heteroatoms. The normalized spacial score (nSPS) is 22.1. The first-order valence-electron chi connectivity index (χ1n) is 42.2. The van der Waals surface area contributed by atoms with Crippen LogP contribution in [0.15, 0.2) is 36.5 Å². The van der Waals surface area contributed by atoms with Gasteiger partial charge in [0.1, 0.15) is 48.8 Å². The predicted molar refractivity (Wildman–Crippen MR) is 406 cm³/mol. The summed E-state index contributed by atoms with van der Waals surface area (Å²) in [5.41, 5.74) is 0. The van der Waals surface area contributed by atoms with Crippen molar-refractivity contribution in [1.29, 1.82) is 0 Å². The third kappa shape index (κ3) is 50.6. The Balaban J connectivity index is 1.57. The summed E-state index contributed by atoms with van der Waals surface area (Å²) >= 11 is 0. The zero-order chi connectivity index (χ0) is 70.8. The Kier molecular flexibility index (Phi) is 64.3. The van der Waals surface area contributed by atoms with Crippen molar-refractivity contribution in [2.24, 2.45) is 0 Å². The summed E-state index contributed by atoms with van der Waals surface area (Å²) in [6.07, 6.45) is 73.9. The molecular formula is C84H159NO13. The van der Waals surface area contributed by atoms with Crippen LogP contribution >= 0.6 is 0 Å². The van der Waals surface area contributed by atoms with Crippen molar-refractivity contribution in [3.8, 4) is 0 Å². The van der Waals surface area contributed by atoms with E-state index in [1.165, 1.54) is 327 Å². The highest BCUT2D eigenvalue weighted by Crippen LogP contribution is 2.30. The molecule has 2 aliphatic rings. The summed E-state index contributed by atoms with van der Waals surface area (Å²) < 4.78 is 22.9. The monoisotopic (exact) mass is 1390 g/mol. The van der Waals surface area contributed by atoms with Gasteiger partial charge in [-0.05, 0) is 51.4 Å². The SMILES string of the molecule is CCCCCCC/C=C\C/C=C\CCCCCCCCCCCCCCCCCCCCCCCCCCCCCC(=O)NC(COC1OC(CO)C(OC2OC(CO)C(O)C(O)C2O)C(O)C1O)C(O)/C=C/CCCCCCCCCCCCCCCCCCCCCCCCC. The lowest BCUT2D eigenvalue weighted by Crippen LogP contribution is -2.65. The number of carbonyl (C=O) groups excluding carboxylic acids is 1. The number of aliphatic hydroxyl groups excluding tert-OH is 8. The summed E-state index contributed by atoms with van der Waals surface area (Å²) in [5.74, 6) is -0.230. The number of carbonyl (C=O) groups is 1. The van der Waals surface area contributed by atoms with Gasteiger partial charge in [-0.3, -0.25) is 4.79 Å². The standard InChI is InChI=1S/C84H159NO13/c1-3-5-7-9-11-13-15-17-19-21-23-25-27-29-30-31-32-33-34-35-36-37-38-39-40-41-42-44-46-48-50-52-54-56-58-60-62-64-66-68-76(89)85-72(71-95-83-81(94)79(92)82(75(70-87)97-83)98-84-80(93)78(91)77(90)74(69-86)96-84)73(88)67-65-63-61-59-57-55-53-51-49-47-45-43-28-26-24-22-20-18-16-14-12-10-8-6-4-2/h15,17,21,23,65,67,72-75,77-84,86-88,90-94H,3-14,16,18-20,22,24-64,66,68-71H2,1-2H3,(H,85,89)/b17-15-,23-21-,67-65+. The van der Waals surface area contributed by atoms with Crippen molar-refractivity contribution in [2.75, 3.05) is 19.8 Å². The first-order valence-corrected chi connectivity index (χ1v) is 42.2. The van der Waals surface area contributed by atoms with Gasteiger partial charge in [0, 0.05) is 6.42 Å². The van der Waals surface area contributed by atoms with Gasteiger partial charge in [0.05, 0.1) is 32.0 Å². The number of rotatable bonds is 72. The average molecular weight is 1390 g/mol. The quantitative estimate of drug-likeness (QED) is 0.0204. The molecule has 1 amide bonds. The number of amides is 1.